The molecule has 1 fully saturated rings. The Morgan fingerprint density at radius 3 is 2.78 bits per heavy atom. The van der Waals surface area contributed by atoms with Crippen LogP contribution in [-0.4, -0.2) is 47.8 Å². The maximum absolute atomic E-state index is 12.1. The van der Waals surface area contributed by atoms with Crippen molar-refractivity contribution in [2.75, 3.05) is 13.7 Å². The number of hydrogen-bond donors (Lipinski definition) is 2. The fourth-order valence-corrected chi connectivity index (χ4v) is 2.53. The first-order valence-corrected chi connectivity index (χ1v) is 7.76. The molecule has 0 aromatic carbocycles. The van der Waals surface area contributed by atoms with Gasteiger partial charge in [-0.25, -0.2) is 9.78 Å². The highest BCUT2D eigenvalue weighted by Gasteiger charge is 2.19. The molecule has 0 spiro atoms. The summed E-state index contributed by atoms with van der Waals surface area (Å²) in [5.41, 5.74) is 0.381. The summed E-state index contributed by atoms with van der Waals surface area (Å²) in [6, 6.07) is 3.14. The van der Waals surface area contributed by atoms with E-state index in [-0.39, 0.29) is 18.6 Å². The monoisotopic (exact) mass is 322 g/mol. The predicted octanol–water partition coefficient (Wildman–Crippen LogP) is 1.62. The maximum Gasteiger partial charge on any atom is 0.334 e. The summed E-state index contributed by atoms with van der Waals surface area (Å²) in [5, 5.41) is 11.4. The zero-order valence-electron chi connectivity index (χ0n) is 13.2. The molecular weight excluding hydrogens is 300 g/mol. The number of hydrogen-bond acceptors (Lipinski definition) is 5. The van der Waals surface area contributed by atoms with E-state index in [2.05, 4.69) is 10.3 Å². The number of aromatic nitrogens is 1. The predicted molar refractivity (Wildman–Crippen MR) is 82.5 cm³/mol. The summed E-state index contributed by atoms with van der Waals surface area (Å²) in [4.78, 5) is 27.1. The highest BCUT2D eigenvalue weighted by atomic mass is 16.5. The summed E-state index contributed by atoms with van der Waals surface area (Å²) in [6.45, 7) is -0.105. The average molecular weight is 322 g/mol. The molecule has 1 aromatic heterocycles. The summed E-state index contributed by atoms with van der Waals surface area (Å²) in [7, 11) is 1.29. The van der Waals surface area contributed by atoms with Crippen molar-refractivity contribution in [2.24, 2.45) is 0 Å². The van der Waals surface area contributed by atoms with Crippen molar-refractivity contribution in [1.82, 2.24) is 10.3 Å². The van der Waals surface area contributed by atoms with Gasteiger partial charge in [0.05, 0.1) is 6.54 Å². The number of aliphatic carboxylic acids is 1. The number of nitrogens with one attached hydrogen (secondary N) is 1. The third-order valence-electron chi connectivity index (χ3n) is 3.84. The van der Waals surface area contributed by atoms with Crippen LogP contribution in [0.3, 0.4) is 0 Å². The van der Waals surface area contributed by atoms with Crippen LogP contribution in [0.5, 0.6) is 5.88 Å². The molecule has 1 atom stereocenters. The summed E-state index contributed by atoms with van der Waals surface area (Å²) >= 11 is 0. The van der Waals surface area contributed by atoms with Gasteiger partial charge < -0.3 is 19.9 Å². The molecule has 1 amide bonds. The van der Waals surface area contributed by atoms with Crippen LogP contribution in [0.15, 0.2) is 18.3 Å². The van der Waals surface area contributed by atoms with Gasteiger partial charge in [0, 0.05) is 24.9 Å². The quantitative estimate of drug-likeness (QED) is 0.791. The van der Waals surface area contributed by atoms with Crippen molar-refractivity contribution in [3.8, 4) is 5.88 Å². The number of ether oxygens (including phenoxy) is 2. The van der Waals surface area contributed by atoms with E-state index in [0.29, 0.717) is 11.4 Å². The van der Waals surface area contributed by atoms with Gasteiger partial charge in [0.15, 0.2) is 6.10 Å². The van der Waals surface area contributed by atoms with Crippen molar-refractivity contribution >= 4 is 11.9 Å². The zero-order valence-corrected chi connectivity index (χ0v) is 13.2. The minimum atomic E-state index is -1.12. The lowest BCUT2D eigenvalue weighted by molar-refractivity contribution is -0.148. The Labute approximate surface area is 135 Å². The van der Waals surface area contributed by atoms with Crippen molar-refractivity contribution in [3.05, 3.63) is 23.9 Å². The minimum absolute atomic E-state index is 0.105. The van der Waals surface area contributed by atoms with E-state index in [4.69, 9.17) is 14.6 Å². The lowest BCUT2D eigenvalue weighted by Gasteiger charge is -2.22. The van der Waals surface area contributed by atoms with Crippen LogP contribution in [0, 0.1) is 0 Å². The first-order chi connectivity index (χ1) is 11.1. The van der Waals surface area contributed by atoms with E-state index in [0.717, 1.165) is 25.7 Å². The third-order valence-corrected chi connectivity index (χ3v) is 3.84. The van der Waals surface area contributed by atoms with E-state index in [9.17, 15) is 9.59 Å². The van der Waals surface area contributed by atoms with E-state index in [1.807, 2.05) is 0 Å². The number of carboxylic acid groups (broad SMARTS) is 1. The zero-order chi connectivity index (χ0) is 16.7. The molecule has 0 saturated heterocycles. The van der Waals surface area contributed by atoms with E-state index in [1.54, 1.807) is 12.1 Å². The number of carbonyl (C=O) groups is 2. The Bertz CT molecular complexity index is 543. The molecule has 126 valence electrons. The van der Waals surface area contributed by atoms with Crippen molar-refractivity contribution in [1.29, 1.82) is 0 Å². The molecule has 23 heavy (non-hydrogen) atoms. The lowest BCUT2D eigenvalue weighted by Crippen LogP contribution is -2.37. The van der Waals surface area contributed by atoms with E-state index < -0.39 is 12.1 Å². The lowest BCUT2D eigenvalue weighted by atomic mass is 9.98. The topological polar surface area (TPSA) is 97.8 Å². The molecule has 1 heterocycles. The van der Waals surface area contributed by atoms with Crippen LogP contribution < -0.4 is 10.1 Å². The number of amides is 1. The Hall–Kier alpha value is -2.15. The van der Waals surface area contributed by atoms with Gasteiger partial charge in [-0.05, 0) is 31.7 Å². The molecule has 1 aliphatic rings. The average Bonchev–Trinajstić information content (AvgIpc) is 2.56. The second kappa shape index (κ2) is 8.47. The van der Waals surface area contributed by atoms with Crippen molar-refractivity contribution in [3.63, 3.8) is 0 Å². The minimum Gasteiger partial charge on any atom is -0.479 e. The molecular formula is C16H22N2O5. The molecule has 7 nitrogen and oxygen atoms in total. The van der Waals surface area contributed by atoms with Gasteiger partial charge in [-0.2, -0.15) is 0 Å². The highest BCUT2D eigenvalue weighted by Crippen LogP contribution is 2.22. The molecule has 1 aliphatic carbocycles. The van der Waals surface area contributed by atoms with Gasteiger partial charge in [-0.1, -0.05) is 6.42 Å². The molecule has 2 rings (SSSR count). The van der Waals surface area contributed by atoms with Crippen molar-refractivity contribution in [2.45, 2.75) is 44.3 Å². The van der Waals surface area contributed by atoms with Gasteiger partial charge in [0.1, 0.15) is 6.10 Å². The molecule has 1 aromatic rings. The second-order valence-corrected chi connectivity index (χ2v) is 5.53. The Morgan fingerprint density at radius 2 is 2.13 bits per heavy atom. The third kappa shape index (κ3) is 5.21. The van der Waals surface area contributed by atoms with Gasteiger partial charge in [0.2, 0.25) is 5.88 Å². The fourth-order valence-electron chi connectivity index (χ4n) is 2.53. The van der Waals surface area contributed by atoms with Gasteiger partial charge in [-0.3, -0.25) is 4.79 Å². The molecule has 0 aliphatic heterocycles. The van der Waals surface area contributed by atoms with Gasteiger partial charge in [-0.15, -0.1) is 0 Å². The van der Waals surface area contributed by atoms with E-state index in [1.165, 1.54) is 19.7 Å². The Kier molecular flexibility index (Phi) is 6.34. The fraction of sp³-hybridized carbons (Fsp3) is 0.562. The molecule has 0 bridgehead atoms. The van der Waals surface area contributed by atoms with E-state index >= 15 is 0 Å². The number of pyridine rings is 1. The molecule has 2 N–H and O–H groups in total. The first-order valence-electron chi connectivity index (χ1n) is 7.76. The molecule has 1 saturated carbocycles. The highest BCUT2D eigenvalue weighted by molar-refractivity contribution is 5.94. The van der Waals surface area contributed by atoms with Crippen LogP contribution in [0.1, 0.15) is 42.5 Å². The number of rotatable bonds is 7. The largest absolute Gasteiger partial charge is 0.479 e. The standard InChI is InChI=1S/C16H22N2O5/c1-22-13(16(20)21)10-18-15(19)11-7-8-17-14(9-11)23-12-5-3-2-4-6-12/h7-9,12-13H,2-6,10H2,1H3,(H,18,19)(H,20,21). The van der Waals surface area contributed by atoms with Crippen LogP contribution in [0.4, 0.5) is 0 Å². The van der Waals surface area contributed by atoms with Crippen LogP contribution >= 0.6 is 0 Å². The SMILES string of the molecule is COC(CNC(=O)c1ccnc(OC2CCCCC2)c1)C(=O)O. The van der Waals surface area contributed by atoms with Crippen LogP contribution in [0.25, 0.3) is 0 Å². The van der Waals surface area contributed by atoms with Crippen molar-refractivity contribution < 1.29 is 24.2 Å². The first kappa shape index (κ1) is 17.2. The van der Waals surface area contributed by atoms with Crippen LogP contribution in [-0.2, 0) is 9.53 Å². The number of carboxylic acids is 1. The number of methoxy groups -OCH3 is 1. The Morgan fingerprint density at radius 1 is 1.39 bits per heavy atom. The van der Waals surface area contributed by atoms with Gasteiger partial charge in [0.25, 0.3) is 5.91 Å². The maximum atomic E-state index is 12.1. The molecule has 7 heteroatoms. The summed E-state index contributed by atoms with van der Waals surface area (Å²) in [6.07, 6.45) is 6.14. The van der Waals surface area contributed by atoms with Gasteiger partial charge >= 0.3 is 5.97 Å². The Balaban J connectivity index is 1.92. The number of carbonyl (C=O) groups excluding carboxylic acids is 1. The summed E-state index contributed by atoms with van der Waals surface area (Å²) in [5.74, 6) is -1.08. The summed E-state index contributed by atoms with van der Waals surface area (Å²) < 4.78 is 10.6. The van der Waals surface area contributed by atoms with Crippen LogP contribution in [0.2, 0.25) is 0 Å². The molecule has 1 unspecified atom stereocenters. The smallest absolute Gasteiger partial charge is 0.334 e. The number of nitrogens with zero attached hydrogens (tertiary/aromatic N) is 1. The second-order valence-electron chi connectivity index (χ2n) is 5.53. The molecule has 0 radical (unpaired) electrons. The normalized spacial score (nSPS) is 16.6.